The van der Waals surface area contributed by atoms with Gasteiger partial charge >= 0.3 is 5.97 Å². The van der Waals surface area contributed by atoms with Crippen LogP contribution in [0.3, 0.4) is 0 Å². The molecule has 0 bridgehead atoms. The van der Waals surface area contributed by atoms with Crippen molar-refractivity contribution in [3.8, 4) is 11.8 Å². The van der Waals surface area contributed by atoms with Crippen LogP contribution in [0.1, 0.15) is 23.6 Å². The first kappa shape index (κ1) is 13.0. The lowest BCUT2D eigenvalue weighted by atomic mass is 10.0. The van der Waals surface area contributed by atoms with Crippen LogP contribution in [0.15, 0.2) is 12.1 Å². The summed E-state index contributed by atoms with van der Waals surface area (Å²) in [6.45, 7) is 1.56. The minimum absolute atomic E-state index is 0.184. The van der Waals surface area contributed by atoms with Gasteiger partial charge in [-0.2, -0.15) is 5.26 Å². The molecular formula is C12H13NO4. The van der Waals surface area contributed by atoms with Crippen molar-refractivity contribution in [1.29, 1.82) is 5.26 Å². The number of benzene rings is 1. The lowest BCUT2D eigenvalue weighted by molar-refractivity contribution is -0.142. The first-order valence-electron chi connectivity index (χ1n) is 5.14. The molecule has 0 unspecified atom stereocenters. The van der Waals surface area contributed by atoms with Gasteiger partial charge in [0.05, 0.1) is 31.3 Å². The molecule has 0 amide bonds. The summed E-state index contributed by atoms with van der Waals surface area (Å²) in [4.78, 5) is 11.3. The van der Waals surface area contributed by atoms with Crippen molar-refractivity contribution < 1.29 is 19.7 Å². The lowest BCUT2D eigenvalue weighted by Crippen LogP contribution is -2.09. The summed E-state index contributed by atoms with van der Waals surface area (Å²) < 4.78 is 4.75. The van der Waals surface area contributed by atoms with Crippen molar-refractivity contribution in [3.63, 3.8) is 0 Å². The van der Waals surface area contributed by atoms with Gasteiger partial charge < -0.3 is 14.9 Å². The first-order chi connectivity index (χ1) is 8.13. The molecule has 1 aromatic rings. The number of aliphatic hydroxyl groups excluding tert-OH is 1. The zero-order chi connectivity index (χ0) is 12.8. The Morgan fingerprint density at radius 3 is 2.76 bits per heavy atom. The molecule has 0 aliphatic carbocycles. The zero-order valence-corrected chi connectivity index (χ0v) is 9.43. The van der Waals surface area contributed by atoms with Gasteiger partial charge in [0.25, 0.3) is 0 Å². The summed E-state index contributed by atoms with van der Waals surface area (Å²) in [6, 6.07) is 4.79. The van der Waals surface area contributed by atoms with E-state index in [1.165, 1.54) is 12.1 Å². The average Bonchev–Trinajstić information content (AvgIpc) is 2.32. The molecule has 0 aliphatic rings. The van der Waals surface area contributed by atoms with Crippen molar-refractivity contribution in [3.05, 3.63) is 28.8 Å². The van der Waals surface area contributed by atoms with Crippen molar-refractivity contribution >= 4 is 5.97 Å². The van der Waals surface area contributed by atoms with Crippen LogP contribution in [0, 0.1) is 11.3 Å². The van der Waals surface area contributed by atoms with E-state index < -0.39 is 5.97 Å². The molecule has 0 spiro atoms. The SMILES string of the molecule is CCOC(=O)Cc1c(C#N)ccc(CO)c1O. The zero-order valence-electron chi connectivity index (χ0n) is 9.43. The van der Waals surface area contributed by atoms with E-state index in [1.807, 2.05) is 6.07 Å². The van der Waals surface area contributed by atoms with E-state index in [0.29, 0.717) is 0 Å². The Bertz CT molecular complexity index is 462. The fourth-order valence-corrected chi connectivity index (χ4v) is 1.45. The number of rotatable bonds is 4. The fraction of sp³-hybridized carbons (Fsp3) is 0.333. The maximum Gasteiger partial charge on any atom is 0.310 e. The number of phenols is 1. The number of hydrogen-bond acceptors (Lipinski definition) is 5. The maximum absolute atomic E-state index is 11.3. The molecule has 17 heavy (non-hydrogen) atoms. The molecule has 0 radical (unpaired) electrons. The third-order valence-electron chi connectivity index (χ3n) is 2.28. The highest BCUT2D eigenvalue weighted by Gasteiger charge is 2.16. The minimum Gasteiger partial charge on any atom is -0.507 e. The number of nitriles is 1. The molecule has 90 valence electrons. The molecule has 0 saturated heterocycles. The second-order valence-corrected chi connectivity index (χ2v) is 3.35. The van der Waals surface area contributed by atoms with Gasteiger partial charge in [0.15, 0.2) is 0 Å². The van der Waals surface area contributed by atoms with Gasteiger partial charge in [-0.15, -0.1) is 0 Å². The molecule has 0 heterocycles. The largest absolute Gasteiger partial charge is 0.507 e. The van der Waals surface area contributed by atoms with Crippen LogP contribution in [0.2, 0.25) is 0 Å². The van der Waals surface area contributed by atoms with E-state index in [2.05, 4.69) is 0 Å². The third kappa shape index (κ3) is 2.95. The molecule has 2 N–H and O–H groups in total. The summed E-state index contributed by atoms with van der Waals surface area (Å²) in [5, 5.41) is 27.7. The smallest absolute Gasteiger partial charge is 0.310 e. The van der Waals surface area contributed by atoms with Crippen molar-refractivity contribution in [2.24, 2.45) is 0 Å². The van der Waals surface area contributed by atoms with Crippen molar-refractivity contribution in [2.45, 2.75) is 20.0 Å². The number of aromatic hydroxyl groups is 1. The Morgan fingerprint density at radius 1 is 1.53 bits per heavy atom. The number of carbonyl (C=O) groups is 1. The number of nitrogens with zero attached hydrogens (tertiary/aromatic N) is 1. The standard InChI is InChI=1S/C12H13NO4/c1-2-17-11(15)5-10-8(6-13)3-4-9(7-14)12(10)16/h3-4,14,16H,2,5,7H2,1H3. The predicted octanol–water partition coefficient (Wildman–Crippen LogP) is 0.862. The van der Waals surface area contributed by atoms with Gasteiger partial charge in [-0.1, -0.05) is 6.07 Å². The molecule has 5 nitrogen and oxygen atoms in total. The van der Waals surface area contributed by atoms with E-state index in [1.54, 1.807) is 6.92 Å². The number of aliphatic hydroxyl groups is 1. The Hall–Kier alpha value is -2.06. The summed E-state index contributed by atoms with van der Waals surface area (Å²) in [6.07, 6.45) is -0.184. The van der Waals surface area contributed by atoms with Gasteiger partial charge in [0, 0.05) is 11.1 Å². The number of esters is 1. The number of carbonyl (C=O) groups excluding carboxylic acids is 1. The topological polar surface area (TPSA) is 90.6 Å². The van der Waals surface area contributed by atoms with E-state index in [-0.39, 0.29) is 42.1 Å². The lowest BCUT2D eigenvalue weighted by Gasteiger charge is -2.09. The first-order valence-corrected chi connectivity index (χ1v) is 5.14. The van der Waals surface area contributed by atoms with Gasteiger partial charge in [-0.25, -0.2) is 0 Å². The third-order valence-corrected chi connectivity index (χ3v) is 2.28. The molecule has 0 fully saturated rings. The van der Waals surface area contributed by atoms with Crippen LogP contribution in [0.5, 0.6) is 5.75 Å². The average molecular weight is 235 g/mol. The Morgan fingerprint density at radius 2 is 2.24 bits per heavy atom. The summed E-state index contributed by atoms with van der Waals surface area (Å²) >= 11 is 0. The summed E-state index contributed by atoms with van der Waals surface area (Å²) in [5.74, 6) is -0.742. The van der Waals surface area contributed by atoms with Crippen LogP contribution in [-0.4, -0.2) is 22.8 Å². The predicted molar refractivity (Wildman–Crippen MR) is 59.1 cm³/mol. The van der Waals surface area contributed by atoms with Crippen LogP contribution < -0.4 is 0 Å². The van der Waals surface area contributed by atoms with Gasteiger partial charge in [-0.3, -0.25) is 4.79 Å². The number of hydrogen-bond donors (Lipinski definition) is 2. The molecular weight excluding hydrogens is 222 g/mol. The van der Waals surface area contributed by atoms with Crippen LogP contribution in [-0.2, 0) is 22.6 Å². The molecule has 0 atom stereocenters. The summed E-state index contributed by atoms with van der Waals surface area (Å²) in [5.41, 5.74) is 0.675. The van der Waals surface area contributed by atoms with E-state index in [9.17, 15) is 9.90 Å². The fourth-order valence-electron chi connectivity index (χ4n) is 1.45. The van der Waals surface area contributed by atoms with Crippen molar-refractivity contribution in [2.75, 3.05) is 6.61 Å². The molecule has 1 rings (SSSR count). The Labute approximate surface area is 98.9 Å². The molecule has 0 aliphatic heterocycles. The monoisotopic (exact) mass is 235 g/mol. The Balaban J connectivity index is 3.11. The Kier molecular flexibility index (Phi) is 4.49. The highest BCUT2D eigenvalue weighted by atomic mass is 16.5. The quantitative estimate of drug-likeness (QED) is 0.755. The number of ether oxygens (including phenoxy) is 1. The van der Waals surface area contributed by atoms with Gasteiger partial charge in [0.1, 0.15) is 5.75 Å². The van der Waals surface area contributed by atoms with E-state index in [4.69, 9.17) is 15.1 Å². The van der Waals surface area contributed by atoms with Gasteiger partial charge in [-0.05, 0) is 13.0 Å². The highest BCUT2D eigenvalue weighted by Crippen LogP contribution is 2.26. The maximum atomic E-state index is 11.3. The normalized spacial score (nSPS) is 9.71. The van der Waals surface area contributed by atoms with Crippen LogP contribution in [0.4, 0.5) is 0 Å². The van der Waals surface area contributed by atoms with Gasteiger partial charge in [0.2, 0.25) is 0 Å². The van der Waals surface area contributed by atoms with Crippen molar-refractivity contribution in [1.82, 2.24) is 0 Å². The van der Waals surface area contributed by atoms with E-state index >= 15 is 0 Å². The minimum atomic E-state index is -0.519. The van der Waals surface area contributed by atoms with Crippen LogP contribution >= 0.6 is 0 Å². The molecule has 0 saturated carbocycles. The second-order valence-electron chi connectivity index (χ2n) is 3.35. The highest BCUT2D eigenvalue weighted by molar-refractivity contribution is 5.75. The van der Waals surface area contributed by atoms with Crippen LogP contribution in [0.25, 0.3) is 0 Å². The molecule has 5 heteroatoms. The molecule has 0 aromatic heterocycles. The van der Waals surface area contributed by atoms with E-state index in [0.717, 1.165) is 0 Å². The second kappa shape index (κ2) is 5.87. The summed E-state index contributed by atoms with van der Waals surface area (Å²) in [7, 11) is 0. The molecule has 1 aromatic carbocycles.